The number of hydrogen-bond donors (Lipinski definition) is 1. The van der Waals surface area contributed by atoms with Gasteiger partial charge in [-0.2, -0.15) is 0 Å². The van der Waals surface area contributed by atoms with Crippen LogP contribution in [0.1, 0.15) is 52.5 Å². The molecule has 160 valence electrons. The molecule has 1 amide bonds. The van der Waals surface area contributed by atoms with Crippen molar-refractivity contribution in [2.24, 2.45) is 23.2 Å². The molecule has 0 aromatic heterocycles. The van der Waals surface area contributed by atoms with Crippen LogP contribution in [0.15, 0.2) is 42.0 Å². The van der Waals surface area contributed by atoms with Gasteiger partial charge in [-0.05, 0) is 43.6 Å². The highest BCUT2D eigenvalue weighted by molar-refractivity contribution is 5.67. The number of unbranched alkanes of at least 4 members (excludes halogenated alkanes) is 1. The molecule has 1 heterocycles. The second-order valence-electron chi connectivity index (χ2n) is 8.98. The molecule has 1 aromatic rings. The van der Waals surface area contributed by atoms with E-state index in [1.165, 1.54) is 11.1 Å². The van der Waals surface area contributed by atoms with E-state index < -0.39 is 0 Å². The molecule has 4 heteroatoms. The summed E-state index contributed by atoms with van der Waals surface area (Å²) in [6.07, 6.45) is 6.39. The lowest BCUT2D eigenvalue weighted by Crippen LogP contribution is -2.57. The third-order valence-corrected chi connectivity index (χ3v) is 7.19. The number of allylic oxidation sites excluding steroid dienone is 1. The maximum Gasteiger partial charge on any atom is 0.407 e. The van der Waals surface area contributed by atoms with E-state index in [-0.39, 0.29) is 17.6 Å². The Balaban J connectivity index is 1.65. The number of hydrogen-bond acceptors (Lipinski definition) is 3. The van der Waals surface area contributed by atoms with Gasteiger partial charge < -0.3 is 14.8 Å². The fraction of sp³-hybridized carbons (Fsp3) is 0.640. The summed E-state index contributed by atoms with van der Waals surface area (Å²) in [5, 5.41) is 2.86. The highest BCUT2D eigenvalue weighted by atomic mass is 16.6. The van der Waals surface area contributed by atoms with Crippen LogP contribution in [-0.4, -0.2) is 32.0 Å². The Kier molecular flexibility index (Phi) is 7.39. The summed E-state index contributed by atoms with van der Waals surface area (Å²) in [5.41, 5.74) is 2.64. The molecule has 5 atom stereocenters. The Morgan fingerprint density at radius 1 is 1.28 bits per heavy atom. The molecule has 1 N–H and O–H groups in total. The highest BCUT2D eigenvalue weighted by Crippen LogP contribution is 2.53. The summed E-state index contributed by atoms with van der Waals surface area (Å²) in [6.45, 7) is 10.7. The second kappa shape index (κ2) is 9.80. The highest BCUT2D eigenvalue weighted by Gasteiger charge is 2.53. The lowest BCUT2D eigenvalue weighted by atomic mass is 9.56. The van der Waals surface area contributed by atoms with Crippen LogP contribution in [-0.2, 0) is 15.9 Å². The summed E-state index contributed by atoms with van der Waals surface area (Å²) in [6, 6.07) is 10.6. The van der Waals surface area contributed by atoms with Crippen molar-refractivity contribution < 1.29 is 14.3 Å². The molecule has 1 fully saturated rings. The van der Waals surface area contributed by atoms with E-state index in [2.05, 4.69) is 69.4 Å². The van der Waals surface area contributed by atoms with Crippen LogP contribution in [0.25, 0.3) is 0 Å². The van der Waals surface area contributed by atoms with E-state index >= 15 is 0 Å². The zero-order chi connectivity index (χ0) is 20.9. The number of fused-ring (bicyclic) bond motifs is 2. The standard InChI is InChI=1S/C25H37NO3/c1-5-6-14-26-24(27)29-17-25-16-28-22(13-12-21-10-8-7-9-11-21)23(20(25)4)18(2)15-19(25)3/h7-11,15,19-20,22-23H,5-6,12-14,16-17H2,1-4H3,(H,26,27)/t19-,20+,22-,23-,25+/m0/s1. The van der Waals surface area contributed by atoms with Crippen molar-refractivity contribution in [2.45, 2.75) is 59.5 Å². The number of ether oxygens (including phenoxy) is 2. The predicted octanol–water partition coefficient (Wildman–Crippen LogP) is 5.38. The SMILES string of the molecule is CCCCNC(=O)OC[C@]12CO[C@@H](CCc3ccccc3)[C@@H](C(C)=C[C@@H]1C)[C@H]2C. The first-order chi connectivity index (χ1) is 14.0. The lowest BCUT2D eigenvalue weighted by Gasteiger charge is -2.55. The van der Waals surface area contributed by atoms with Gasteiger partial charge in [0.2, 0.25) is 0 Å². The van der Waals surface area contributed by atoms with E-state index in [1.54, 1.807) is 0 Å². The number of rotatable bonds is 8. The third-order valence-electron chi connectivity index (χ3n) is 7.19. The number of amides is 1. The first-order valence-electron chi connectivity index (χ1n) is 11.2. The number of alkyl carbamates (subject to hydrolysis) is 1. The number of carbonyl (C=O) groups is 1. The van der Waals surface area contributed by atoms with E-state index in [4.69, 9.17) is 9.47 Å². The number of aryl methyl sites for hydroxylation is 1. The van der Waals surface area contributed by atoms with Crippen LogP contribution >= 0.6 is 0 Å². The smallest absolute Gasteiger partial charge is 0.407 e. The minimum atomic E-state index is -0.304. The van der Waals surface area contributed by atoms with Crippen molar-refractivity contribution in [1.82, 2.24) is 5.32 Å². The molecular formula is C25H37NO3. The average molecular weight is 400 g/mol. The van der Waals surface area contributed by atoms with Crippen molar-refractivity contribution in [2.75, 3.05) is 19.8 Å². The summed E-state index contributed by atoms with van der Waals surface area (Å²) >= 11 is 0. The Morgan fingerprint density at radius 3 is 2.76 bits per heavy atom. The monoisotopic (exact) mass is 399 g/mol. The molecule has 0 saturated carbocycles. The second-order valence-corrected chi connectivity index (χ2v) is 8.98. The van der Waals surface area contributed by atoms with Crippen LogP contribution in [0.4, 0.5) is 4.79 Å². The summed E-state index contributed by atoms with van der Waals surface area (Å²) in [7, 11) is 0. The number of benzene rings is 1. The maximum atomic E-state index is 12.1. The van der Waals surface area contributed by atoms with Crippen molar-refractivity contribution in [3.05, 3.63) is 47.5 Å². The minimum absolute atomic E-state index is 0.143. The molecule has 0 spiro atoms. The Labute approximate surface area is 176 Å². The first kappa shape index (κ1) is 21.9. The largest absolute Gasteiger partial charge is 0.449 e. The van der Waals surface area contributed by atoms with Gasteiger partial charge in [-0.25, -0.2) is 4.79 Å². The van der Waals surface area contributed by atoms with Gasteiger partial charge in [0.15, 0.2) is 0 Å². The number of carbonyl (C=O) groups excluding carboxylic acids is 1. The molecule has 1 aliphatic carbocycles. The molecule has 0 radical (unpaired) electrons. The molecular weight excluding hydrogens is 362 g/mol. The molecule has 1 aliphatic heterocycles. The quantitative estimate of drug-likeness (QED) is 0.472. The number of nitrogens with one attached hydrogen (secondary N) is 1. The van der Waals surface area contributed by atoms with Crippen molar-refractivity contribution in [3.8, 4) is 0 Å². The summed E-state index contributed by atoms with van der Waals surface area (Å²) < 4.78 is 12.1. The third kappa shape index (κ3) is 4.85. The molecule has 2 bridgehead atoms. The fourth-order valence-electron chi connectivity index (χ4n) is 5.22. The normalized spacial score (nSPS) is 31.1. The molecule has 2 aliphatic rings. The maximum absolute atomic E-state index is 12.1. The van der Waals surface area contributed by atoms with Crippen LogP contribution in [0.5, 0.6) is 0 Å². The molecule has 1 aromatic carbocycles. The molecule has 4 nitrogen and oxygen atoms in total. The Morgan fingerprint density at radius 2 is 2.03 bits per heavy atom. The van der Waals surface area contributed by atoms with E-state index in [9.17, 15) is 4.79 Å². The van der Waals surface area contributed by atoms with Crippen LogP contribution in [0, 0.1) is 23.2 Å². The minimum Gasteiger partial charge on any atom is -0.449 e. The zero-order valence-electron chi connectivity index (χ0n) is 18.4. The fourth-order valence-corrected chi connectivity index (χ4v) is 5.22. The molecule has 3 rings (SSSR count). The zero-order valence-corrected chi connectivity index (χ0v) is 18.4. The topological polar surface area (TPSA) is 47.6 Å². The van der Waals surface area contributed by atoms with Gasteiger partial charge in [0, 0.05) is 17.9 Å². The molecule has 0 unspecified atom stereocenters. The van der Waals surface area contributed by atoms with Gasteiger partial charge in [-0.15, -0.1) is 0 Å². The van der Waals surface area contributed by atoms with Gasteiger partial charge in [0.1, 0.15) is 6.61 Å². The Hall–Kier alpha value is -1.81. The van der Waals surface area contributed by atoms with E-state index in [0.717, 1.165) is 25.7 Å². The summed E-state index contributed by atoms with van der Waals surface area (Å²) in [5.74, 6) is 1.13. The van der Waals surface area contributed by atoms with E-state index in [0.29, 0.717) is 37.5 Å². The summed E-state index contributed by atoms with van der Waals surface area (Å²) in [4.78, 5) is 12.1. The molecule has 29 heavy (non-hydrogen) atoms. The van der Waals surface area contributed by atoms with Crippen molar-refractivity contribution in [3.63, 3.8) is 0 Å². The van der Waals surface area contributed by atoms with Crippen LogP contribution in [0.3, 0.4) is 0 Å². The van der Waals surface area contributed by atoms with Gasteiger partial charge in [-0.1, -0.05) is 69.2 Å². The van der Waals surface area contributed by atoms with Crippen molar-refractivity contribution in [1.29, 1.82) is 0 Å². The van der Waals surface area contributed by atoms with Gasteiger partial charge >= 0.3 is 6.09 Å². The van der Waals surface area contributed by atoms with Gasteiger partial charge in [-0.3, -0.25) is 0 Å². The van der Waals surface area contributed by atoms with Gasteiger partial charge in [0.25, 0.3) is 0 Å². The average Bonchev–Trinajstić information content (AvgIpc) is 2.71. The predicted molar refractivity (Wildman–Crippen MR) is 117 cm³/mol. The van der Waals surface area contributed by atoms with Crippen LogP contribution < -0.4 is 5.32 Å². The van der Waals surface area contributed by atoms with Crippen LogP contribution in [0.2, 0.25) is 0 Å². The van der Waals surface area contributed by atoms with Crippen molar-refractivity contribution >= 4 is 6.09 Å². The Bertz CT molecular complexity index is 701. The molecule has 1 saturated heterocycles. The van der Waals surface area contributed by atoms with Gasteiger partial charge in [0.05, 0.1) is 12.7 Å². The first-order valence-corrected chi connectivity index (χ1v) is 11.2. The lowest BCUT2D eigenvalue weighted by molar-refractivity contribution is -0.164. The van der Waals surface area contributed by atoms with E-state index in [1.807, 2.05) is 0 Å².